The molecule has 7 rings (SSSR count). The minimum absolute atomic E-state index is 0.114. The van der Waals surface area contributed by atoms with Crippen LogP contribution in [0.4, 0.5) is 13.2 Å². The largest absolute Gasteiger partial charge is 0.433 e. The van der Waals surface area contributed by atoms with E-state index in [9.17, 15) is 22.8 Å². The molecule has 0 spiro atoms. The topological polar surface area (TPSA) is 80.6 Å². The van der Waals surface area contributed by atoms with Gasteiger partial charge < -0.3 is 14.2 Å². The van der Waals surface area contributed by atoms with Crippen LogP contribution < -0.4 is 10.4 Å². The van der Waals surface area contributed by atoms with Crippen molar-refractivity contribution in [2.24, 2.45) is 0 Å². The first-order valence-corrected chi connectivity index (χ1v) is 21.1. The molecule has 0 N–H and O–H groups in total. The van der Waals surface area contributed by atoms with E-state index < -0.39 is 32.3 Å². The van der Waals surface area contributed by atoms with Crippen molar-refractivity contribution in [1.82, 2.24) is 24.6 Å². The number of nitrogens with zero attached hydrogens (tertiary/aromatic N) is 5. The van der Waals surface area contributed by atoms with Crippen LogP contribution in [0.25, 0.3) is 0 Å². The van der Waals surface area contributed by atoms with Crippen molar-refractivity contribution < 1.29 is 27.2 Å². The zero-order chi connectivity index (χ0) is 40.2. The van der Waals surface area contributed by atoms with Gasteiger partial charge in [0.15, 0.2) is 0 Å². The van der Waals surface area contributed by atoms with Crippen LogP contribution in [0.5, 0.6) is 0 Å². The van der Waals surface area contributed by atoms with Gasteiger partial charge in [0, 0.05) is 36.3 Å². The third-order valence-electron chi connectivity index (χ3n) is 11.0. The molecule has 0 saturated carbocycles. The van der Waals surface area contributed by atoms with Crippen molar-refractivity contribution in [1.29, 1.82) is 0 Å². The molecule has 4 heterocycles. The van der Waals surface area contributed by atoms with Crippen LogP contribution >= 0.6 is 23.2 Å². The van der Waals surface area contributed by atoms with Crippen LogP contribution in [0.1, 0.15) is 90.1 Å². The van der Waals surface area contributed by atoms with E-state index in [0.717, 1.165) is 16.4 Å². The summed E-state index contributed by atoms with van der Waals surface area (Å²) in [6.07, 6.45) is -3.03. The Kier molecular flexibility index (Phi) is 10.7. The average Bonchev–Trinajstić information content (AvgIpc) is 3.55. The molecule has 8 nitrogen and oxygen atoms in total. The van der Waals surface area contributed by atoms with Gasteiger partial charge in [0.25, 0.3) is 20.1 Å². The highest BCUT2D eigenvalue weighted by Gasteiger charge is 2.51. The van der Waals surface area contributed by atoms with E-state index >= 15 is 0 Å². The molecule has 2 aromatic heterocycles. The number of aromatic nitrogens is 3. The maximum Gasteiger partial charge on any atom is 0.433 e. The van der Waals surface area contributed by atoms with Gasteiger partial charge in [0.05, 0.1) is 41.0 Å². The second kappa shape index (κ2) is 15.1. The monoisotopic (exact) mass is 819 g/mol. The maximum absolute atomic E-state index is 14.7. The second-order valence-electron chi connectivity index (χ2n) is 15.6. The van der Waals surface area contributed by atoms with E-state index in [1.165, 1.54) is 18.3 Å². The minimum Gasteiger partial charge on any atom is -0.405 e. The van der Waals surface area contributed by atoms with Crippen molar-refractivity contribution >= 4 is 53.7 Å². The van der Waals surface area contributed by atoms with Crippen molar-refractivity contribution in [3.8, 4) is 0 Å². The summed E-state index contributed by atoms with van der Waals surface area (Å²) in [5.74, 6) is -0.609. The maximum atomic E-state index is 14.7. The average molecular weight is 821 g/mol. The fraction of sp³-hybridized carbons (Fsp3) is 0.333. The highest BCUT2D eigenvalue weighted by Crippen LogP contribution is 2.40. The molecular formula is C42H42Cl2F3N5O3Si. The lowest BCUT2D eigenvalue weighted by Crippen LogP contribution is -2.67. The molecule has 2 aliphatic heterocycles. The summed E-state index contributed by atoms with van der Waals surface area (Å²) in [6, 6.07) is 26.1. The van der Waals surface area contributed by atoms with Crippen LogP contribution in [-0.2, 0) is 23.6 Å². The van der Waals surface area contributed by atoms with Gasteiger partial charge in [-0.2, -0.15) is 18.3 Å². The molecule has 0 fully saturated rings. The van der Waals surface area contributed by atoms with Crippen LogP contribution in [0.15, 0.2) is 97.2 Å². The highest BCUT2D eigenvalue weighted by atomic mass is 35.5. The number of carbonyl (C=O) groups is 2. The van der Waals surface area contributed by atoms with Gasteiger partial charge in [-0.25, -0.2) is 0 Å². The molecule has 0 bridgehead atoms. The number of pyridine rings is 1. The molecule has 56 heavy (non-hydrogen) atoms. The molecule has 0 aliphatic carbocycles. The molecule has 2 aliphatic rings. The van der Waals surface area contributed by atoms with Crippen LogP contribution in [-0.4, -0.2) is 63.9 Å². The number of alkyl halides is 3. The van der Waals surface area contributed by atoms with Crippen molar-refractivity contribution in [2.45, 2.75) is 76.9 Å². The van der Waals surface area contributed by atoms with Gasteiger partial charge in [-0.1, -0.05) is 111 Å². The molecule has 0 saturated heterocycles. The van der Waals surface area contributed by atoms with Crippen LogP contribution in [0.2, 0.25) is 15.1 Å². The zero-order valence-corrected chi connectivity index (χ0v) is 34.2. The van der Waals surface area contributed by atoms with Crippen molar-refractivity contribution in [2.75, 3.05) is 13.2 Å². The van der Waals surface area contributed by atoms with E-state index in [4.69, 9.17) is 32.7 Å². The summed E-state index contributed by atoms with van der Waals surface area (Å²) in [5, 5.41) is 7.52. The summed E-state index contributed by atoms with van der Waals surface area (Å²) in [4.78, 5) is 35.8. The van der Waals surface area contributed by atoms with Crippen molar-refractivity contribution in [3.05, 3.63) is 141 Å². The molecule has 1 unspecified atom stereocenters. The van der Waals surface area contributed by atoms with E-state index in [1.54, 1.807) is 33.5 Å². The Balaban J connectivity index is 1.31. The lowest BCUT2D eigenvalue weighted by Gasteiger charge is -2.45. The number of benzene rings is 3. The highest BCUT2D eigenvalue weighted by molar-refractivity contribution is 6.99. The third-order valence-corrected chi connectivity index (χ3v) is 16.8. The number of hydrogen-bond donors (Lipinski definition) is 0. The first-order chi connectivity index (χ1) is 26.5. The Labute approximate surface area is 335 Å². The van der Waals surface area contributed by atoms with Crippen molar-refractivity contribution in [3.63, 3.8) is 0 Å². The lowest BCUT2D eigenvalue weighted by atomic mass is 9.96. The first-order valence-electron chi connectivity index (χ1n) is 18.5. The molecule has 3 aromatic carbocycles. The summed E-state index contributed by atoms with van der Waals surface area (Å²) in [7, 11) is -3.04. The Bertz CT molecular complexity index is 2210. The smallest absolute Gasteiger partial charge is 0.405 e. The predicted molar refractivity (Wildman–Crippen MR) is 213 cm³/mol. The second-order valence-corrected chi connectivity index (χ2v) is 20.7. The molecule has 3 atom stereocenters. The lowest BCUT2D eigenvalue weighted by molar-refractivity contribution is -0.141. The fourth-order valence-corrected chi connectivity index (χ4v) is 13.0. The van der Waals surface area contributed by atoms with E-state index in [-0.39, 0.29) is 47.6 Å². The van der Waals surface area contributed by atoms with Crippen LogP contribution in [0.3, 0.4) is 0 Å². The minimum atomic E-state index is -4.60. The SMILES string of the molecule is CC(c1ccc(C(F)(F)F)nc1)N1C[C@@H](CO[Si](c2ccccc2)(c2ccccc2)C(C)(C)C)n2nc3c(c2C1=O)CN(C(=O)c1ccc(Cl)c(Cl)c1)[C@H](C)C3. The van der Waals surface area contributed by atoms with Gasteiger partial charge in [0.1, 0.15) is 11.4 Å². The standard InChI is InChI=1S/C42H42Cl2F3N5O3Si/c1-26-20-36-33(24-50(26)39(53)28-16-18-34(43)35(44)21-28)38-40(54)51(27(2)29-17-19-37(48-22-29)42(45,46)47)23-30(52(38)49-36)25-55-56(41(3,4)5,31-12-8-6-9-13-31)32-14-10-7-11-15-32/h6-19,21-22,26-27,30H,20,23-25H2,1-5H3/t26-,27?,30+/m1/s1. The molecule has 0 radical (unpaired) electrons. The molecular weight excluding hydrogens is 778 g/mol. The summed E-state index contributed by atoms with van der Waals surface area (Å²) >= 11 is 12.4. The van der Waals surface area contributed by atoms with Gasteiger partial charge in [-0.15, -0.1) is 0 Å². The first kappa shape index (κ1) is 39.7. The zero-order valence-electron chi connectivity index (χ0n) is 31.6. The normalized spacial score (nSPS) is 18.1. The van der Waals surface area contributed by atoms with Gasteiger partial charge in [-0.05, 0) is 59.1 Å². The number of amides is 2. The molecule has 14 heteroatoms. The predicted octanol–water partition coefficient (Wildman–Crippen LogP) is 8.53. The number of halogens is 5. The molecule has 5 aromatic rings. The van der Waals surface area contributed by atoms with Gasteiger partial charge in [0.2, 0.25) is 0 Å². The summed E-state index contributed by atoms with van der Waals surface area (Å²) in [6.45, 7) is 10.8. The summed E-state index contributed by atoms with van der Waals surface area (Å²) in [5.41, 5.74) is 1.46. The molecule has 292 valence electrons. The van der Waals surface area contributed by atoms with Crippen LogP contribution in [0, 0.1) is 0 Å². The Morgan fingerprint density at radius 2 is 1.59 bits per heavy atom. The number of rotatable bonds is 8. The van der Waals surface area contributed by atoms with E-state index in [1.807, 2.05) is 43.3 Å². The Hall–Kier alpha value is -4.49. The van der Waals surface area contributed by atoms with Gasteiger partial charge in [-0.3, -0.25) is 19.3 Å². The van der Waals surface area contributed by atoms with E-state index in [0.29, 0.717) is 39.5 Å². The fourth-order valence-electron chi connectivity index (χ4n) is 8.08. The Morgan fingerprint density at radius 1 is 0.946 bits per heavy atom. The third kappa shape index (κ3) is 7.16. The number of hydrogen-bond acceptors (Lipinski definition) is 5. The number of carbonyl (C=O) groups excluding carboxylic acids is 2. The molecule has 2 amide bonds. The van der Waals surface area contributed by atoms with Gasteiger partial charge >= 0.3 is 6.18 Å². The summed E-state index contributed by atoms with van der Waals surface area (Å²) < 4.78 is 49.5. The quantitative estimate of drug-likeness (QED) is 0.147. The number of fused-ring (bicyclic) bond motifs is 3. The van der Waals surface area contributed by atoms with E-state index in [2.05, 4.69) is 50.0 Å². The Morgan fingerprint density at radius 3 is 2.14 bits per heavy atom.